The Bertz CT molecular complexity index is 967. The number of nitrogens with one attached hydrogen (secondary N) is 1. The zero-order valence-corrected chi connectivity index (χ0v) is 15.4. The van der Waals surface area contributed by atoms with Crippen LogP contribution in [-0.2, 0) is 25.7 Å². The standard InChI is InChI=1S/C20H18N2O7/c23-16(12-3-4-17-15(6-12)21-18(24)11-28-17)10-29-20(26)13-7-19(25)22(8-13)9-14-2-1-5-27-14/h1-6,13H,7-11H2,(H,21,24)/t13-/m0/s1. The lowest BCUT2D eigenvalue weighted by molar-refractivity contribution is -0.147. The molecule has 0 unspecified atom stereocenters. The second kappa shape index (κ2) is 7.78. The van der Waals surface area contributed by atoms with Crippen LogP contribution in [0.3, 0.4) is 0 Å². The molecular formula is C20H18N2O7. The summed E-state index contributed by atoms with van der Waals surface area (Å²) in [5.41, 5.74) is 0.678. The zero-order chi connectivity index (χ0) is 20.4. The van der Waals surface area contributed by atoms with Crippen LogP contribution in [-0.4, -0.2) is 48.2 Å². The molecule has 9 heteroatoms. The molecule has 1 atom stereocenters. The number of hydrogen-bond acceptors (Lipinski definition) is 7. The number of carbonyl (C=O) groups excluding carboxylic acids is 4. The van der Waals surface area contributed by atoms with Crippen LogP contribution in [0.1, 0.15) is 22.5 Å². The minimum Gasteiger partial charge on any atom is -0.482 e. The highest BCUT2D eigenvalue weighted by atomic mass is 16.5. The largest absolute Gasteiger partial charge is 0.482 e. The van der Waals surface area contributed by atoms with E-state index in [1.807, 2.05) is 0 Å². The SMILES string of the molecule is O=C1COc2ccc(C(=O)COC(=O)[C@H]3CC(=O)N(Cc4ccco4)C3)cc2N1. The Hall–Kier alpha value is -3.62. The molecule has 3 heterocycles. The maximum absolute atomic E-state index is 12.4. The lowest BCUT2D eigenvalue weighted by atomic mass is 10.1. The van der Waals surface area contributed by atoms with Gasteiger partial charge in [0.1, 0.15) is 11.5 Å². The van der Waals surface area contributed by atoms with Gasteiger partial charge in [0.2, 0.25) is 5.91 Å². The molecule has 4 rings (SSSR count). The summed E-state index contributed by atoms with van der Waals surface area (Å²) < 4.78 is 15.6. The number of furan rings is 1. The number of likely N-dealkylation sites (tertiary alicyclic amines) is 1. The summed E-state index contributed by atoms with van der Waals surface area (Å²) in [5, 5.41) is 2.62. The summed E-state index contributed by atoms with van der Waals surface area (Å²) in [7, 11) is 0. The van der Waals surface area contributed by atoms with Gasteiger partial charge in [-0.2, -0.15) is 0 Å². The van der Waals surface area contributed by atoms with Gasteiger partial charge in [0.25, 0.3) is 5.91 Å². The molecule has 2 aromatic rings. The van der Waals surface area contributed by atoms with Crippen molar-refractivity contribution >= 4 is 29.3 Å². The molecule has 2 aliphatic rings. The van der Waals surface area contributed by atoms with Crippen molar-refractivity contribution in [1.29, 1.82) is 0 Å². The molecular weight excluding hydrogens is 380 g/mol. The number of fused-ring (bicyclic) bond motifs is 1. The van der Waals surface area contributed by atoms with Gasteiger partial charge >= 0.3 is 5.97 Å². The number of ketones is 1. The number of Topliss-reactive ketones (excluding diaryl/α,β-unsaturated/α-hetero) is 1. The summed E-state index contributed by atoms with van der Waals surface area (Å²) in [6.07, 6.45) is 1.56. The van der Waals surface area contributed by atoms with Crippen molar-refractivity contribution in [2.45, 2.75) is 13.0 Å². The van der Waals surface area contributed by atoms with E-state index in [2.05, 4.69) is 5.32 Å². The molecule has 1 aromatic carbocycles. The fourth-order valence-corrected chi connectivity index (χ4v) is 3.27. The van der Waals surface area contributed by atoms with Crippen molar-refractivity contribution in [3.8, 4) is 5.75 Å². The van der Waals surface area contributed by atoms with Gasteiger partial charge in [0.15, 0.2) is 19.0 Å². The lowest BCUT2D eigenvalue weighted by Crippen LogP contribution is -2.27. The molecule has 150 valence electrons. The van der Waals surface area contributed by atoms with Crippen LogP contribution in [0.5, 0.6) is 5.75 Å². The van der Waals surface area contributed by atoms with E-state index in [4.69, 9.17) is 13.9 Å². The molecule has 0 bridgehead atoms. The molecule has 9 nitrogen and oxygen atoms in total. The van der Waals surface area contributed by atoms with Crippen LogP contribution < -0.4 is 10.1 Å². The van der Waals surface area contributed by atoms with Crippen molar-refractivity contribution < 1.29 is 33.1 Å². The van der Waals surface area contributed by atoms with Gasteiger partial charge in [-0.15, -0.1) is 0 Å². The Labute approximate surface area is 165 Å². The first kappa shape index (κ1) is 18.7. The van der Waals surface area contributed by atoms with E-state index in [1.54, 1.807) is 18.2 Å². The average Bonchev–Trinajstić information content (AvgIpc) is 3.35. The monoisotopic (exact) mass is 398 g/mol. The first-order chi connectivity index (χ1) is 14.0. The van der Waals surface area contributed by atoms with Gasteiger partial charge in [-0.25, -0.2) is 0 Å². The predicted octanol–water partition coefficient (Wildman–Crippen LogP) is 1.39. The first-order valence-corrected chi connectivity index (χ1v) is 9.06. The summed E-state index contributed by atoms with van der Waals surface area (Å²) in [6, 6.07) is 8.07. The molecule has 1 fully saturated rings. The lowest BCUT2D eigenvalue weighted by Gasteiger charge is -2.18. The molecule has 1 N–H and O–H groups in total. The van der Waals surface area contributed by atoms with Gasteiger partial charge in [-0.1, -0.05) is 0 Å². The van der Waals surface area contributed by atoms with Gasteiger partial charge in [-0.05, 0) is 30.3 Å². The van der Waals surface area contributed by atoms with Gasteiger partial charge in [0, 0.05) is 18.5 Å². The van der Waals surface area contributed by atoms with E-state index in [0.29, 0.717) is 17.2 Å². The maximum Gasteiger partial charge on any atom is 0.311 e. The normalized spacial score (nSPS) is 18.1. The second-order valence-corrected chi connectivity index (χ2v) is 6.83. The van der Waals surface area contributed by atoms with Crippen LogP contribution in [0, 0.1) is 5.92 Å². The second-order valence-electron chi connectivity index (χ2n) is 6.83. The van der Waals surface area contributed by atoms with Crippen LogP contribution in [0.4, 0.5) is 5.69 Å². The topological polar surface area (TPSA) is 115 Å². The summed E-state index contributed by atoms with van der Waals surface area (Å²) >= 11 is 0. The third-order valence-electron chi connectivity index (χ3n) is 4.75. The maximum atomic E-state index is 12.4. The van der Waals surface area contributed by atoms with Crippen molar-refractivity contribution in [1.82, 2.24) is 4.90 Å². The smallest absolute Gasteiger partial charge is 0.311 e. The number of anilines is 1. The highest BCUT2D eigenvalue weighted by Gasteiger charge is 2.36. The number of esters is 1. The molecule has 0 spiro atoms. The Kier molecular flexibility index (Phi) is 5.03. The van der Waals surface area contributed by atoms with E-state index in [9.17, 15) is 19.2 Å². The minimum atomic E-state index is -0.624. The average molecular weight is 398 g/mol. The molecule has 2 aliphatic heterocycles. The molecule has 1 saturated heterocycles. The van der Waals surface area contributed by atoms with Crippen molar-refractivity contribution in [2.24, 2.45) is 5.92 Å². The van der Waals surface area contributed by atoms with Crippen LogP contribution in [0.2, 0.25) is 0 Å². The van der Waals surface area contributed by atoms with Crippen molar-refractivity contribution in [3.63, 3.8) is 0 Å². The number of nitrogens with zero attached hydrogens (tertiary/aromatic N) is 1. The van der Waals surface area contributed by atoms with Crippen molar-refractivity contribution in [2.75, 3.05) is 25.1 Å². The summed E-state index contributed by atoms with van der Waals surface area (Å²) in [5.74, 6) is -1.01. The van der Waals surface area contributed by atoms with Gasteiger partial charge < -0.3 is 24.1 Å². The zero-order valence-electron chi connectivity index (χ0n) is 15.4. The Balaban J connectivity index is 1.31. The number of amides is 2. The fraction of sp³-hybridized carbons (Fsp3) is 0.300. The molecule has 0 aliphatic carbocycles. The molecule has 0 saturated carbocycles. The van der Waals surface area contributed by atoms with E-state index >= 15 is 0 Å². The van der Waals surface area contributed by atoms with E-state index < -0.39 is 24.3 Å². The fourth-order valence-electron chi connectivity index (χ4n) is 3.27. The number of carbonyl (C=O) groups is 4. The van der Waals surface area contributed by atoms with Gasteiger partial charge in [-0.3, -0.25) is 19.2 Å². The Morgan fingerprint density at radius 1 is 1.24 bits per heavy atom. The molecule has 0 radical (unpaired) electrons. The van der Waals surface area contributed by atoms with E-state index in [-0.39, 0.29) is 43.5 Å². The number of ether oxygens (including phenoxy) is 2. The Morgan fingerprint density at radius 2 is 2.10 bits per heavy atom. The summed E-state index contributed by atoms with van der Waals surface area (Å²) in [6.45, 7) is -0.0174. The summed E-state index contributed by atoms with van der Waals surface area (Å²) in [4.78, 5) is 49.7. The third-order valence-corrected chi connectivity index (χ3v) is 4.75. The highest BCUT2D eigenvalue weighted by molar-refractivity contribution is 6.02. The number of hydrogen-bond donors (Lipinski definition) is 1. The van der Waals surface area contributed by atoms with E-state index in [1.165, 1.54) is 23.3 Å². The highest BCUT2D eigenvalue weighted by Crippen LogP contribution is 2.28. The van der Waals surface area contributed by atoms with Crippen LogP contribution in [0.15, 0.2) is 41.0 Å². The number of benzene rings is 1. The van der Waals surface area contributed by atoms with Crippen molar-refractivity contribution in [3.05, 3.63) is 47.9 Å². The number of rotatable bonds is 6. The van der Waals surface area contributed by atoms with Gasteiger partial charge in [0.05, 0.1) is 24.4 Å². The molecule has 2 amide bonds. The van der Waals surface area contributed by atoms with E-state index in [0.717, 1.165) is 0 Å². The minimum absolute atomic E-state index is 0.0376. The van der Waals surface area contributed by atoms with Crippen LogP contribution in [0.25, 0.3) is 0 Å². The quantitative estimate of drug-likeness (QED) is 0.577. The predicted molar refractivity (Wildman–Crippen MR) is 98.1 cm³/mol. The Morgan fingerprint density at radius 3 is 2.90 bits per heavy atom. The molecule has 29 heavy (non-hydrogen) atoms. The molecule has 1 aromatic heterocycles. The van der Waals surface area contributed by atoms with Crippen LogP contribution >= 0.6 is 0 Å². The first-order valence-electron chi connectivity index (χ1n) is 9.06. The third kappa shape index (κ3) is 4.13.